The number of aromatic carboxylic acids is 1. The molecule has 210 valence electrons. The van der Waals surface area contributed by atoms with E-state index in [-0.39, 0.29) is 16.6 Å². The molecule has 0 aliphatic rings. The van der Waals surface area contributed by atoms with E-state index in [9.17, 15) is 14.7 Å². The Balaban J connectivity index is 1.61. The van der Waals surface area contributed by atoms with Crippen LogP contribution in [0.25, 0.3) is 22.2 Å². The molecular weight excluding hydrogens is 518 g/mol. The third-order valence-electron chi connectivity index (χ3n) is 7.00. The highest BCUT2D eigenvalue weighted by atomic mass is 32.1. The number of carboxylic acids is 1. The molecule has 0 bridgehead atoms. The van der Waals surface area contributed by atoms with Gasteiger partial charge >= 0.3 is 5.97 Å². The summed E-state index contributed by atoms with van der Waals surface area (Å²) >= 11 is 4.53. The van der Waals surface area contributed by atoms with E-state index >= 15 is 0 Å². The molecule has 0 aliphatic heterocycles. The molecule has 1 aromatic heterocycles. The third-order valence-corrected chi connectivity index (χ3v) is 7.41. The van der Waals surface area contributed by atoms with E-state index in [1.54, 1.807) is 12.1 Å². The molecule has 0 unspecified atom stereocenters. The highest BCUT2D eigenvalue weighted by Crippen LogP contribution is 2.27. The molecule has 1 amide bonds. The van der Waals surface area contributed by atoms with Crippen molar-refractivity contribution < 1.29 is 14.7 Å². The maximum atomic E-state index is 12.7. The van der Waals surface area contributed by atoms with Crippen molar-refractivity contribution in [1.82, 2.24) is 14.9 Å². The largest absolute Gasteiger partial charge is 0.478 e. The number of carbonyl (C=O) groups excluding carboxylic acids is 1. The van der Waals surface area contributed by atoms with Gasteiger partial charge in [0.1, 0.15) is 5.82 Å². The Morgan fingerprint density at radius 2 is 1.75 bits per heavy atom. The first-order chi connectivity index (χ1) is 19.0. The fourth-order valence-electron chi connectivity index (χ4n) is 5.08. The molecule has 4 aromatic rings. The van der Waals surface area contributed by atoms with Crippen LogP contribution in [-0.4, -0.2) is 31.8 Å². The molecule has 7 heteroatoms. The first kappa shape index (κ1) is 29.4. The highest BCUT2D eigenvalue weighted by Gasteiger charge is 2.22. The second-order valence-corrected chi connectivity index (χ2v) is 12.3. The lowest BCUT2D eigenvalue weighted by molar-refractivity contribution is -0.121. The van der Waals surface area contributed by atoms with Crippen molar-refractivity contribution in [2.75, 3.05) is 0 Å². The molecule has 4 rings (SSSR count). The van der Waals surface area contributed by atoms with Gasteiger partial charge < -0.3 is 15.0 Å². The number of hydrogen-bond donors (Lipinski definition) is 3. The Morgan fingerprint density at radius 3 is 2.40 bits per heavy atom. The number of amides is 1. The van der Waals surface area contributed by atoms with E-state index in [4.69, 9.17) is 4.98 Å². The normalized spacial score (nSPS) is 12.4. The molecule has 0 saturated heterocycles. The summed E-state index contributed by atoms with van der Waals surface area (Å²) in [5.41, 5.74) is 7.12. The van der Waals surface area contributed by atoms with Gasteiger partial charge in [-0.05, 0) is 65.1 Å². The van der Waals surface area contributed by atoms with Crippen LogP contribution in [0.15, 0.2) is 60.7 Å². The van der Waals surface area contributed by atoms with E-state index in [2.05, 4.69) is 81.4 Å². The number of aromatic nitrogens is 2. The van der Waals surface area contributed by atoms with Crippen LogP contribution in [0.2, 0.25) is 0 Å². The SMILES string of the molecule is CCCc1nc2c(C)cc(CNC(=O)[C@H](S)CC(C)(C)C)cc2n1Cc1ccc(-c2ccccc2C(=O)O)cc1. The van der Waals surface area contributed by atoms with Crippen LogP contribution in [-0.2, 0) is 24.3 Å². The topological polar surface area (TPSA) is 84.2 Å². The summed E-state index contributed by atoms with van der Waals surface area (Å²) in [6, 6.07) is 19.3. The molecule has 1 atom stereocenters. The Morgan fingerprint density at radius 1 is 1.05 bits per heavy atom. The number of nitrogens with zero attached hydrogens (tertiary/aromatic N) is 2. The molecule has 1 heterocycles. The lowest BCUT2D eigenvalue weighted by Crippen LogP contribution is -2.33. The standard InChI is InChI=1S/C33H39N3O3S/c1-6-9-29-35-30-21(2)16-23(19-34-31(37)28(40)18-33(3,4)5)17-27(30)36(29)20-22-12-14-24(15-13-22)25-10-7-8-11-26(25)32(38)39/h7-8,10-17,28,40H,6,9,18-20H2,1-5H3,(H,34,37)(H,38,39)/t28-/m1/s1. The van der Waals surface area contributed by atoms with Crippen LogP contribution in [0.1, 0.15) is 73.4 Å². The van der Waals surface area contributed by atoms with Gasteiger partial charge in [-0.3, -0.25) is 4.79 Å². The first-order valence-electron chi connectivity index (χ1n) is 13.8. The molecule has 0 radical (unpaired) electrons. The van der Waals surface area contributed by atoms with Crippen LogP contribution in [0, 0.1) is 12.3 Å². The smallest absolute Gasteiger partial charge is 0.336 e. The number of carboxylic acid groups (broad SMARTS) is 1. The van der Waals surface area contributed by atoms with Gasteiger partial charge in [-0.15, -0.1) is 0 Å². The summed E-state index contributed by atoms with van der Waals surface area (Å²) in [5, 5.41) is 12.3. The van der Waals surface area contributed by atoms with Crippen molar-refractivity contribution in [3.05, 3.63) is 88.7 Å². The summed E-state index contributed by atoms with van der Waals surface area (Å²) in [6.07, 6.45) is 2.54. The minimum absolute atomic E-state index is 0.0271. The van der Waals surface area contributed by atoms with E-state index in [0.717, 1.165) is 52.0 Å². The molecular formula is C33H39N3O3S. The van der Waals surface area contributed by atoms with E-state index in [1.807, 2.05) is 24.3 Å². The average Bonchev–Trinajstić information content (AvgIpc) is 3.24. The molecule has 0 fully saturated rings. The number of carbonyl (C=O) groups is 2. The van der Waals surface area contributed by atoms with Crippen molar-refractivity contribution in [2.45, 2.75) is 72.2 Å². The predicted molar refractivity (Wildman–Crippen MR) is 165 cm³/mol. The molecule has 40 heavy (non-hydrogen) atoms. The Kier molecular flexibility index (Phi) is 9.04. The Hall–Kier alpha value is -3.58. The van der Waals surface area contributed by atoms with Gasteiger partial charge in [0, 0.05) is 19.5 Å². The Labute approximate surface area is 242 Å². The van der Waals surface area contributed by atoms with E-state index in [0.29, 0.717) is 30.6 Å². The summed E-state index contributed by atoms with van der Waals surface area (Å²) in [4.78, 5) is 29.4. The van der Waals surface area contributed by atoms with Gasteiger partial charge in [-0.1, -0.05) is 76.2 Å². The summed E-state index contributed by atoms with van der Waals surface area (Å²) in [6.45, 7) is 11.6. The number of rotatable bonds is 10. The summed E-state index contributed by atoms with van der Waals surface area (Å²) < 4.78 is 2.26. The zero-order valence-corrected chi connectivity index (χ0v) is 24.9. The van der Waals surface area contributed by atoms with Gasteiger partial charge in [0.15, 0.2) is 0 Å². The van der Waals surface area contributed by atoms with Crippen molar-refractivity contribution in [3.63, 3.8) is 0 Å². The lowest BCUT2D eigenvalue weighted by atomic mass is 9.90. The van der Waals surface area contributed by atoms with Crippen LogP contribution < -0.4 is 5.32 Å². The van der Waals surface area contributed by atoms with Crippen molar-refractivity contribution in [2.24, 2.45) is 5.41 Å². The molecule has 3 aromatic carbocycles. The van der Waals surface area contributed by atoms with Gasteiger partial charge in [-0.25, -0.2) is 9.78 Å². The second kappa shape index (κ2) is 12.3. The first-order valence-corrected chi connectivity index (χ1v) is 14.3. The number of aryl methyl sites for hydroxylation is 2. The molecule has 0 aliphatic carbocycles. The van der Waals surface area contributed by atoms with Crippen LogP contribution in [0.4, 0.5) is 0 Å². The number of fused-ring (bicyclic) bond motifs is 1. The van der Waals surface area contributed by atoms with Crippen LogP contribution in [0.3, 0.4) is 0 Å². The molecule has 0 spiro atoms. The van der Waals surface area contributed by atoms with Gasteiger partial charge in [0.05, 0.1) is 21.8 Å². The molecule has 0 saturated carbocycles. The maximum absolute atomic E-state index is 12.7. The minimum atomic E-state index is -0.935. The predicted octanol–water partition coefficient (Wildman–Crippen LogP) is 7.06. The average molecular weight is 558 g/mol. The zero-order valence-electron chi connectivity index (χ0n) is 24.0. The minimum Gasteiger partial charge on any atom is -0.478 e. The number of nitrogens with one attached hydrogen (secondary N) is 1. The summed E-state index contributed by atoms with van der Waals surface area (Å²) in [5.74, 6) is 0.0404. The van der Waals surface area contributed by atoms with E-state index in [1.165, 1.54) is 0 Å². The number of thiol groups is 1. The van der Waals surface area contributed by atoms with Crippen LogP contribution >= 0.6 is 12.6 Å². The van der Waals surface area contributed by atoms with Crippen molar-refractivity contribution >= 4 is 35.5 Å². The molecule has 2 N–H and O–H groups in total. The maximum Gasteiger partial charge on any atom is 0.336 e. The fourth-order valence-corrected chi connectivity index (χ4v) is 5.72. The van der Waals surface area contributed by atoms with Gasteiger partial charge in [0.25, 0.3) is 0 Å². The lowest BCUT2D eigenvalue weighted by Gasteiger charge is -2.22. The van der Waals surface area contributed by atoms with Crippen molar-refractivity contribution in [3.8, 4) is 11.1 Å². The second-order valence-electron chi connectivity index (χ2n) is 11.7. The third kappa shape index (κ3) is 6.94. The fraction of sp³-hybridized carbons (Fsp3) is 0.364. The number of benzene rings is 3. The van der Waals surface area contributed by atoms with Crippen molar-refractivity contribution in [1.29, 1.82) is 0 Å². The molecule has 6 nitrogen and oxygen atoms in total. The van der Waals surface area contributed by atoms with Gasteiger partial charge in [-0.2, -0.15) is 12.6 Å². The van der Waals surface area contributed by atoms with Gasteiger partial charge in [0.2, 0.25) is 5.91 Å². The number of imidazole rings is 1. The number of hydrogen-bond acceptors (Lipinski definition) is 4. The Bertz CT molecular complexity index is 1520. The summed E-state index contributed by atoms with van der Waals surface area (Å²) in [7, 11) is 0. The highest BCUT2D eigenvalue weighted by molar-refractivity contribution is 7.81. The van der Waals surface area contributed by atoms with E-state index < -0.39 is 5.97 Å². The quantitative estimate of drug-likeness (QED) is 0.182. The van der Waals surface area contributed by atoms with Crippen LogP contribution in [0.5, 0.6) is 0 Å². The zero-order chi connectivity index (χ0) is 29.0. The monoisotopic (exact) mass is 557 g/mol.